The minimum absolute atomic E-state index is 0.152. The Kier molecular flexibility index (Phi) is 3.29. The maximum absolute atomic E-state index is 5.85. The van der Waals surface area contributed by atoms with Crippen molar-refractivity contribution in [2.75, 3.05) is 18.9 Å². The van der Waals surface area contributed by atoms with E-state index in [1.807, 2.05) is 18.2 Å². The average Bonchev–Trinajstić information content (AvgIpc) is 2.25. The van der Waals surface area contributed by atoms with Crippen LogP contribution in [-0.2, 0) is 0 Å². The van der Waals surface area contributed by atoms with Crippen molar-refractivity contribution < 1.29 is 4.74 Å². The normalized spacial score (nSPS) is 19.6. The number of hydrogen-bond acceptors (Lipinski definition) is 3. The first-order valence-corrected chi connectivity index (χ1v) is 6.23. The van der Waals surface area contributed by atoms with Crippen LogP contribution < -0.4 is 15.8 Å². The Hall–Kier alpha value is -1.22. The topological polar surface area (TPSA) is 47.3 Å². The minimum atomic E-state index is 0.152. The lowest BCUT2D eigenvalue weighted by atomic mass is 9.92. The molecule has 3 N–H and O–H groups in total. The third-order valence-electron chi connectivity index (χ3n) is 3.08. The Balaban J connectivity index is 2.14. The quantitative estimate of drug-likeness (QED) is 0.773. The van der Waals surface area contributed by atoms with E-state index in [0.29, 0.717) is 5.92 Å². The molecule has 94 valence electrons. The molecule has 1 aliphatic rings. The molecule has 0 aliphatic carbocycles. The number of nitrogens with two attached hydrogens (primary N) is 1. The van der Waals surface area contributed by atoms with Gasteiger partial charge in [0.25, 0.3) is 0 Å². The molecule has 2 rings (SSSR count). The van der Waals surface area contributed by atoms with Gasteiger partial charge in [0, 0.05) is 29.3 Å². The van der Waals surface area contributed by atoms with E-state index >= 15 is 0 Å². The summed E-state index contributed by atoms with van der Waals surface area (Å²) in [6.45, 7) is 8.34. The summed E-state index contributed by atoms with van der Waals surface area (Å²) >= 11 is 0. The molecule has 1 aliphatic heterocycles. The van der Waals surface area contributed by atoms with Crippen LogP contribution in [0.5, 0.6) is 5.75 Å². The molecule has 3 nitrogen and oxygen atoms in total. The van der Waals surface area contributed by atoms with Gasteiger partial charge in [-0.15, -0.1) is 0 Å². The molecule has 0 spiro atoms. The highest BCUT2D eigenvalue weighted by Crippen LogP contribution is 2.34. The van der Waals surface area contributed by atoms with Crippen LogP contribution in [0, 0.1) is 0 Å². The van der Waals surface area contributed by atoms with Crippen molar-refractivity contribution in [3.8, 4) is 5.75 Å². The van der Waals surface area contributed by atoms with Crippen LogP contribution in [0.1, 0.15) is 38.7 Å². The first-order chi connectivity index (χ1) is 7.96. The summed E-state index contributed by atoms with van der Waals surface area (Å²) in [5, 5.41) is 3.56. The SMILES string of the molecule is CC(C)(C)NCC1CCOc2ccc(N)cc21. The maximum Gasteiger partial charge on any atom is 0.122 e. The van der Waals surface area contributed by atoms with Crippen LogP contribution in [0.3, 0.4) is 0 Å². The molecule has 0 saturated heterocycles. The van der Waals surface area contributed by atoms with Gasteiger partial charge in [0.2, 0.25) is 0 Å². The first kappa shape index (κ1) is 12.2. The maximum atomic E-state index is 5.85. The second-order valence-electron chi connectivity index (χ2n) is 5.76. The Bertz CT molecular complexity index is 396. The van der Waals surface area contributed by atoms with Crippen molar-refractivity contribution in [2.24, 2.45) is 0 Å². The number of rotatable bonds is 2. The van der Waals surface area contributed by atoms with Gasteiger partial charge in [-0.05, 0) is 45.4 Å². The third-order valence-corrected chi connectivity index (χ3v) is 3.08. The fourth-order valence-corrected chi connectivity index (χ4v) is 2.13. The molecule has 0 fully saturated rings. The number of hydrogen-bond donors (Lipinski definition) is 2. The van der Waals surface area contributed by atoms with Gasteiger partial charge in [0.05, 0.1) is 6.61 Å². The standard InChI is InChI=1S/C14H22N2O/c1-14(2,3)16-9-10-6-7-17-13-5-4-11(15)8-12(10)13/h4-5,8,10,16H,6-7,9,15H2,1-3H3. The molecular formula is C14H22N2O. The van der Waals surface area contributed by atoms with Crippen molar-refractivity contribution in [1.29, 1.82) is 0 Å². The number of nitrogen functional groups attached to an aromatic ring is 1. The van der Waals surface area contributed by atoms with Crippen molar-refractivity contribution in [3.05, 3.63) is 23.8 Å². The number of nitrogens with one attached hydrogen (secondary N) is 1. The minimum Gasteiger partial charge on any atom is -0.493 e. The molecule has 0 aromatic heterocycles. The molecule has 0 saturated carbocycles. The summed E-state index contributed by atoms with van der Waals surface area (Å²) in [6.07, 6.45) is 1.06. The molecule has 17 heavy (non-hydrogen) atoms. The van der Waals surface area contributed by atoms with Crippen molar-refractivity contribution in [3.63, 3.8) is 0 Å². The van der Waals surface area contributed by atoms with Crippen LogP contribution in [0.4, 0.5) is 5.69 Å². The lowest BCUT2D eigenvalue weighted by Gasteiger charge is -2.29. The third kappa shape index (κ3) is 3.13. The van der Waals surface area contributed by atoms with Gasteiger partial charge in [-0.2, -0.15) is 0 Å². The Morgan fingerprint density at radius 1 is 1.41 bits per heavy atom. The molecule has 1 aromatic carbocycles. The predicted molar refractivity (Wildman–Crippen MR) is 71.5 cm³/mol. The average molecular weight is 234 g/mol. The molecule has 3 heteroatoms. The van der Waals surface area contributed by atoms with E-state index in [9.17, 15) is 0 Å². The van der Waals surface area contributed by atoms with Gasteiger partial charge < -0.3 is 15.8 Å². The van der Waals surface area contributed by atoms with Gasteiger partial charge in [0.1, 0.15) is 5.75 Å². The Morgan fingerprint density at radius 2 is 2.18 bits per heavy atom. The molecule has 1 atom stereocenters. The number of ether oxygens (including phenoxy) is 1. The lowest BCUT2D eigenvalue weighted by molar-refractivity contribution is 0.258. The lowest BCUT2D eigenvalue weighted by Crippen LogP contribution is -2.39. The largest absolute Gasteiger partial charge is 0.493 e. The molecular weight excluding hydrogens is 212 g/mol. The number of anilines is 1. The van der Waals surface area contributed by atoms with E-state index in [4.69, 9.17) is 10.5 Å². The van der Waals surface area contributed by atoms with Crippen LogP contribution in [-0.4, -0.2) is 18.7 Å². The molecule has 1 heterocycles. The monoisotopic (exact) mass is 234 g/mol. The van der Waals surface area contributed by atoms with E-state index < -0.39 is 0 Å². The summed E-state index contributed by atoms with van der Waals surface area (Å²) in [6, 6.07) is 5.93. The zero-order valence-electron chi connectivity index (χ0n) is 10.9. The van der Waals surface area contributed by atoms with Gasteiger partial charge in [-0.1, -0.05) is 0 Å². The predicted octanol–water partition coefficient (Wildman–Crippen LogP) is 2.52. The smallest absolute Gasteiger partial charge is 0.122 e. The van der Waals surface area contributed by atoms with E-state index in [1.54, 1.807) is 0 Å². The van der Waals surface area contributed by atoms with Crippen LogP contribution in [0.25, 0.3) is 0 Å². The zero-order chi connectivity index (χ0) is 12.5. The van der Waals surface area contributed by atoms with Crippen molar-refractivity contribution in [2.45, 2.75) is 38.6 Å². The first-order valence-electron chi connectivity index (χ1n) is 6.23. The fraction of sp³-hybridized carbons (Fsp3) is 0.571. The Morgan fingerprint density at radius 3 is 2.88 bits per heavy atom. The molecule has 0 bridgehead atoms. The van der Waals surface area contributed by atoms with Crippen LogP contribution >= 0.6 is 0 Å². The van der Waals surface area contributed by atoms with Gasteiger partial charge in [-0.3, -0.25) is 0 Å². The van der Waals surface area contributed by atoms with Crippen molar-refractivity contribution in [1.82, 2.24) is 5.32 Å². The summed E-state index contributed by atoms with van der Waals surface area (Å²) in [5.41, 5.74) is 8.06. The van der Waals surface area contributed by atoms with Crippen LogP contribution in [0.15, 0.2) is 18.2 Å². The summed E-state index contributed by atoms with van der Waals surface area (Å²) in [5.74, 6) is 1.49. The Labute approximate surface area is 103 Å². The van der Waals surface area contributed by atoms with Gasteiger partial charge in [-0.25, -0.2) is 0 Å². The van der Waals surface area contributed by atoms with E-state index in [2.05, 4.69) is 26.1 Å². The molecule has 1 aromatic rings. The fourth-order valence-electron chi connectivity index (χ4n) is 2.13. The second kappa shape index (κ2) is 4.57. The van der Waals surface area contributed by atoms with Gasteiger partial charge in [0.15, 0.2) is 0 Å². The van der Waals surface area contributed by atoms with E-state index in [1.165, 1.54) is 5.56 Å². The zero-order valence-corrected chi connectivity index (χ0v) is 10.9. The second-order valence-corrected chi connectivity index (χ2v) is 5.76. The molecule has 0 radical (unpaired) electrons. The summed E-state index contributed by atoms with van der Waals surface area (Å²) in [7, 11) is 0. The molecule has 1 unspecified atom stereocenters. The highest BCUT2D eigenvalue weighted by molar-refractivity contribution is 5.50. The highest BCUT2D eigenvalue weighted by Gasteiger charge is 2.23. The molecule has 0 amide bonds. The number of benzene rings is 1. The van der Waals surface area contributed by atoms with Gasteiger partial charge >= 0.3 is 0 Å². The number of fused-ring (bicyclic) bond motifs is 1. The van der Waals surface area contributed by atoms with E-state index in [-0.39, 0.29) is 5.54 Å². The highest BCUT2D eigenvalue weighted by atomic mass is 16.5. The van der Waals surface area contributed by atoms with Crippen molar-refractivity contribution >= 4 is 5.69 Å². The summed E-state index contributed by atoms with van der Waals surface area (Å²) in [4.78, 5) is 0. The van der Waals surface area contributed by atoms with Crippen LogP contribution in [0.2, 0.25) is 0 Å². The summed E-state index contributed by atoms with van der Waals surface area (Å²) < 4.78 is 5.66. The van der Waals surface area contributed by atoms with E-state index in [0.717, 1.165) is 31.0 Å².